The molecule has 0 fully saturated rings. The summed E-state index contributed by atoms with van der Waals surface area (Å²) >= 11 is 0. The van der Waals surface area contributed by atoms with Gasteiger partial charge in [0.05, 0.1) is 28.7 Å². The molecule has 1 atom stereocenters. The van der Waals surface area contributed by atoms with Crippen LogP contribution in [0.25, 0.3) is 0 Å². The number of aryl methyl sites for hydroxylation is 1. The summed E-state index contributed by atoms with van der Waals surface area (Å²) in [7, 11) is 3.93. The lowest BCUT2D eigenvalue weighted by Crippen LogP contribution is -2.49. The lowest BCUT2D eigenvalue weighted by atomic mass is 10.00. The second-order valence-corrected chi connectivity index (χ2v) is 10.1. The number of non-ortho nitro benzene ring substituents is 1. The van der Waals surface area contributed by atoms with Crippen molar-refractivity contribution in [1.29, 1.82) is 0 Å². The number of benzene rings is 2. The summed E-state index contributed by atoms with van der Waals surface area (Å²) in [5, 5.41) is 21.6. The summed E-state index contributed by atoms with van der Waals surface area (Å²) in [5.41, 5.74) is 2.14. The quantitative estimate of drug-likeness (QED) is 0.341. The van der Waals surface area contributed by atoms with Crippen LogP contribution in [-0.4, -0.2) is 57.1 Å². The van der Waals surface area contributed by atoms with Crippen LogP contribution < -0.4 is 10.6 Å². The molecule has 4 rings (SSSR count). The van der Waals surface area contributed by atoms with Crippen LogP contribution in [0.1, 0.15) is 54.0 Å². The Morgan fingerprint density at radius 3 is 2.37 bits per heavy atom. The van der Waals surface area contributed by atoms with Crippen molar-refractivity contribution in [2.75, 3.05) is 26.0 Å². The molecule has 1 unspecified atom stereocenters. The number of anilines is 1. The van der Waals surface area contributed by atoms with Crippen LogP contribution in [0.3, 0.4) is 0 Å². The van der Waals surface area contributed by atoms with Gasteiger partial charge in [0.1, 0.15) is 0 Å². The molecule has 1 aliphatic heterocycles. The van der Waals surface area contributed by atoms with E-state index in [-0.39, 0.29) is 29.9 Å². The smallest absolute Gasteiger partial charge is 0.319 e. The second kappa shape index (κ2) is 10.6. The average molecular weight is 520 g/mol. The molecule has 0 saturated heterocycles. The molecular weight excluding hydrogens is 486 g/mol. The molecule has 3 amide bonds. The first-order valence-corrected chi connectivity index (χ1v) is 12.5. The van der Waals surface area contributed by atoms with E-state index in [0.717, 1.165) is 16.8 Å². The molecule has 3 aromatic rings. The zero-order valence-corrected chi connectivity index (χ0v) is 22.3. The first-order chi connectivity index (χ1) is 18.0. The van der Waals surface area contributed by atoms with E-state index in [9.17, 15) is 19.7 Å². The summed E-state index contributed by atoms with van der Waals surface area (Å²) in [6.45, 7) is 7.36. The van der Waals surface area contributed by atoms with E-state index >= 15 is 0 Å². The number of amides is 3. The van der Waals surface area contributed by atoms with Crippen LogP contribution in [0.4, 0.5) is 16.3 Å². The van der Waals surface area contributed by atoms with Gasteiger partial charge in [-0.3, -0.25) is 19.6 Å². The second-order valence-electron chi connectivity index (χ2n) is 10.1. The number of carbonyl (C=O) groups is 2. The Morgan fingerprint density at radius 2 is 1.79 bits per heavy atom. The highest BCUT2D eigenvalue weighted by atomic mass is 16.6. The van der Waals surface area contributed by atoms with Gasteiger partial charge in [0.15, 0.2) is 5.82 Å². The fraction of sp³-hybridized carbons (Fsp3) is 0.370. The van der Waals surface area contributed by atoms with Crippen LogP contribution in [0.2, 0.25) is 0 Å². The molecule has 0 radical (unpaired) electrons. The Morgan fingerprint density at radius 1 is 1.13 bits per heavy atom. The van der Waals surface area contributed by atoms with E-state index in [0.29, 0.717) is 18.9 Å². The fourth-order valence-electron chi connectivity index (χ4n) is 4.90. The molecule has 1 aromatic heterocycles. The third kappa shape index (κ3) is 5.23. The van der Waals surface area contributed by atoms with E-state index < -0.39 is 16.4 Å². The van der Waals surface area contributed by atoms with Crippen molar-refractivity contribution in [3.05, 3.63) is 87.1 Å². The van der Waals surface area contributed by atoms with Crippen LogP contribution in [0.5, 0.6) is 0 Å². The number of likely N-dealkylation sites (N-methyl/N-ethyl adjacent to an activating group) is 1. The van der Waals surface area contributed by atoms with Crippen LogP contribution in [-0.2, 0) is 18.6 Å². The maximum atomic E-state index is 13.7. The van der Waals surface area contributed by atoms with Crippen molar-refractivity contribution >= 4 is 23.4 Å². The van der Waals surface area contributed by atoms with E-state index in [1.807, 2.05) is 74.8 Å². The molecular formula is C27H33N7O4. The molecule has 11 heteroatoms. The van der Waals surface area contributed by atoms with Crippen molar-refractivity contribution < 1.29 is 14.5 Å². The van der Waals surface area contributed by atoms with Gasteiger partial charge < -0.3 is 20.4 Å². The maximum absolute atomic E-state index is 13.7. The number of fused-ring (bicyclic) bond motifs is 1. The molecule has 0 spiro atoms. The highest BCUT2D eigenvalue weighted by Crippen LogP contribution is 2.42. The molecule has 11 nitrogen and oxygen atoms in total. The fourth-order valence-corrected chi connectivity index (χ4v) is 4.90. The van der Waals surface area contributed by atoms with E-state index in [4.69, 9.17) is 0 Å². The number of nitrogens with one attached hydrogen (secondary N) is 2. The highest BCUT2D eigenvalue weighted by molar-refractivity contribution is 6.04. The number of carbonyl (C=O) groups excluding carboxylic acids is 2. The van der Waals surface area contributed by atoms with Gasteiger partial charge in [0.25, 0.3) is 11.6 Å². The Labute approximate surface area is 221 Å². The summed E-state index contributed by atoms with van der Waals surface area (Å²) < 4.78 is 1.81. The summed E-state index contributed by atoms with van der Waals surface area (Å²) in [5.74, 6) is -0.0549. The minimum absolute atomic E-state index is 0.0934. The Bertz CT molecular complexity index is 1330. The lowest BCUT2D eigenvalue weighted by molar-refractivity contribution is -0.384. The van der Waals surface area contributed by atoms with Gasteiger partial charge in [-0.1, -0.05) is 30.3 Å². The highest BCUT2D eigenvalue weighted by Gasteiger charge is 2.45. The number of aromatic nitrogens is 2. The minimum Gasteiger partial charge on any atom is -0.330 e. The van der Waals surface area contributed by atoms with Crippen LogP contribution >= 0.6 is 0 Å². The SMILES string of the molecule is CCn1nc(NC(=O)c2ccc([N+](=O)[O-])cc2)c2c1C(C)(C)N(C(=O)NC(CN(C)C)c1ccccc1)C2. The number of rotatable bonds is 8. The number of hydrogen-bond donors (Lipinski definition) is 2. The summed E-state index contributed by atoms with van der Waals surface area (Å²) in [6.07, 6.45) is 0. The summed E-state index contributed by atoms with van der Waals surface area (Å²) in [6, 6.07) is 14.8. The van der Waals surface area contributed by atoms with Gasteiger partial charge in [-0.05, 0) is 52.6 Å². The van der Waals surface area contributed by atoms with Gasteiger partial charge in [-0.15, -0.1) is 0 Å². The Hall–Kier alpha value is -4.25. The van der Waals surface area contributed by atoms with E-state index in [2.05, 4.69) is 15.7 Å². The molecule has 0 aliphatic carbocycles. The predicted molar refractivity (Wildman–Crippen MR) is 144 cm³/mol. The normalized spacial score (nSPS) is 14.7. The molecule has 2 aromatic carbocycles. The molecule has 38 heavy (non-hydrogen) atoms. The third-order valence-electron chi connectivity index (χ3n) is 6.79. The summed E-state index contributed by atoms with van der Waals surface area (Å²) in [4.78, 5) is 40.8. The molecule has 200 valence electrons. The molecule has 0 saturated carbocycles. The number of nitro benzene ring substituents is 1. The first kappa shape index (κ1) is 26.8. The van der Waals surface area contributed by atoms with Gasteiger partial charge in [0.2, 0.25) is 0 Å². The molecule has 2 heterocycles. The minimum atomic E-state index is -0.682. The first-order valence-electron chi connectivity index (χ1n) is 12.5. The largest absolute Gasteiger partial charge is 0.330 e. The van der Waals surface area contributed by atoms with Crippen molar-refractivity contribution in [3.63, 3.8) is 0 Å². The van der Waals surface area contributed by atoms with Crippen molar-refractivity contribution in [1.82, 2.24) is 24.9 Å². The average Bonchev–Trinajstić information content (AvgIpc) is 3.38. The Balaban J connectivity index is 1.58. The number of hydrogen-bond acceptors (Lipinski definition) is 6. The monoisotopic (exact) mass is 519 g/mol. The van der Waals surface area contributed by atoms with Crippen molar-refractivity contribution in [2.45, 2.75) is 45.4 Å². The van der Waals surface area contributed by atoms with Crippen LogP contribution in [0.15, 0.2) is 54.6 Å². The molecule has 0 bridgehead atoms. The number of urea groups is 1. The zero-order chi connectivity index (χ0) is 27.6. The van der Waals surface area contributed by atoms with Gasteiger partial charge in [0, 0.05) is 36.3 Å². The van der Waals surface area contributed by atoms with Crippen LogP contribution in [0, 0.1) is 10.1 Å². The van der Waals surface area contributed by atoms with Crippen molar-refractivity contribution in [3.8, 4) is 0 Å². The third-order valence-corrected chi connectivity index (χ3v) is 6.79. The molecule has 2 N–H and O–H groups in total. The zero-order valence-electron chi connectivity index (χ0n) is 22.3. The number of nitrogens with zero attached hydrogens (tertiary/aromatic N) is 5. The Kier molecular flexibility index (Phi) is 7.49. The standard InChI is InChI=1S/C27H33N7O4/c1-6-33-23-21(24(30-33)29-25(35)19-12-14-20(15-13-19)34(37)38)16-32(27(23,2)3)26(36)28-22(17-31(4)5)18-10-8-7-9-11-18/h7-15,22H,6,16-17H2,1-5H3,(H,28,36)(H,29,30,35). The topological polar surface area (TPSA) is 126 Å². The van der Waals surface area contributed by atoms with Crippen molar-refractivity contribution in [2.24, 2.45) is 0 Å². The number of nitro groups is 1. The maximum Gasteiger partial charge on any atom is 0.319 e. The predicted octanol–water partition coefficient (Wildman–Crippen LogP) is 4.13. The lowest BCUT2D eigenvalue weighted by Gasteiger charge is -2.35. The van der Waals surface area contributed by atoms with Gasteiger partial charge >= 0.3 is 6.03 Å². The van der Waals surface area contributed by atoms with E-state index in [1.54, 1.807) is 4.90 Å². The van der Waals surface area contributed by atoms with Gasteiger partial charge in [-0.2, -0.15) is 5.10 Å². The molecule has 1 aliphatic rings. The van der Waals surface area contributed by atoms with E-state index in [1.165, 1.54) is 24.3 Å². The van der Waals surface area contributed by atoms with Gasteiger partial charge in [-0.25, -0.2) is 4.79 Å².